The van der Waals surface area contributed by atoms with E-state index in [4.69, 9.17) is 11.1 Å². The molecule has 1 saturated heterocycles. The predicted molar refractivity (Wildman–Crippen MR) is 153 cm³/mol. The molecule has 0 bridgehead atoms. The Morgan fingerprint density at radius 3 is 2.17 bits per heavy atom. The van der Waals surface area contributed by atoms with Crippen molar-refractivity contribution in [3.05, 3.63) is 107 Å². The number of rotatable bonds is 11. The van der Waals surface area contributed by atoms with Crippen LogP contribution in [0, 0.1) is 11.3 Å². The van der Waals surface area contributed by atoms with Crippen molar-refractivity contribution in [1.29, 1.82) is 5.41 Å². The molecule has 1 saturated carbocycles. The fourth-order valence-corrected chi connectivity index (χ4v) is 6.92. The fourth-order valence-electron chi connectivity index (χ4n) is 5.59. The van der Waals surface area contributed by atoms with Gasteiger partial charge in [0.05, 0.1) is 5.75 Å². The molecule has 5 rings (SSSR count). The van der Waals surface area contributed by atoms with Crippen LogP contribution in [0.1, 0.15) is 35.1 Å². The SMILES string of the molecule is N=C(N)c1ccc(CNC(=O)[C@]23C[C@H]2CCN3C(=O)[C@@H](Cc2ccccc2)NS(=O)(=O)Cc2ccccc2)cc1. The molecule has 5 N–H and O–H groups in total. The van der Waals surface area contributed by atoms with Crippen molar-refractivity contribution in [3.63, 3.8) is 0 Å². The summed E-state index contributed by atoms with van der Waals surface area (Å²) in [7, 11) is -3.85. The lowest BCUT2D eigenvalue weighted by Gasteiger charge is -2.31. The van der Waals surface area contributed by atoms with Crippen molar-refractivity contribution in [2.75, 3.05) is 6.54 Å². The van der Waals surface area contributed by atoms with Crippen molar-refractivity contribution in [3.8, 4) is 0 Å². The summed E-state index contributed by atoms with van der Waals surface area (Å²) in [6, 6.07) is 24.1. The number of piperidine rings is 1. The number of hydrogen-bond donors (Lipinski definition) is 4. The summed E-state index contributed by atoms with van der Waals surface area (Å²) in [5, 5.41) is 10.5. The lowest BCUT2D eigenvalue weighted by Crippen LogP contribution is -2.56. The van der Waals surface area contributed by atoms with Crippen LogP contribution in [0.2, 0.25) is 0 Å². The Morgan fingerprint density at radius 2 is 1.57 bits per heavy atom. The summed E-state index contributed by atoms with van der Waals surface area (Å²) >= 11 is 0. The van der Waals surface area contributed by atoms with Gasteiger partial charge in [0.2, 0.25) is 21.8 Å². The van der Waals surface area contributed by atoms with E-state index in [1.807, 2.05) is 36.4 Å². The van der Waals surface area contributed by atoms with Crippen molar-refractivity contribution in [2.45, 2.75) is 43.1 Å². The van der Waals surface area contributed by atoms with Crippen LogP contribution in [0.3, 0.4) is 0 Å². The fraction of sp³-hybridized carbons (Fsp3) is 0.300. The summed E-state index contributed by atoms with van der Waals surface area (Å²) < 4.78 is 29.0. The van der Waals surface area contributed by atoms with Crippen LogP contribution in [0.4, 0.5) is 0 Å². The molecule has 208 valence electrons. The number of amidine groups is 1. The topological polar surface area (TPSA) is 145 Å². The third-order valence-corrected chi connectivity index (χ3v) is 9.09. The first-order valence-corrected chi connectivity index (χ1v) is 14.9. The molecule has 2 aliphatic rings. The molecule has 0 aromatic heterocycles. The first kappa shape index (κ1) is 27.5. The van der Waals surface area contributed by atoms with Gasteiger partial charge < -0.3 is 16.0 Å². The molecule has 3 atom stereocenters. The van der Waals surface area contributed by atoms with Gasteiger partial charge in [-0.1, -0.05) is 84.9 Å². The molecule has 1 heterocycles. The van der Waals surface area contributed by atoms with Gasteiger partial charge in [-0.25, -0.2) is 13.1 Å². The highest BCUT2D eigenvalue weighted by molar-refractivity contribution is 7.88. The number of likely N-dealkylation sites (tertiary alicyclic amines) is 1. The highest BCUT2D eigenvalue weighted by atomic mass is 32.2. The van der Waals surface area contributed by atoms with Crippen LogP contribution in [-0.2, 0) is 38.3 Å². The van der Waals surface area contributed by atoms with E-state index in [-0.39, 0.29) is 42.3 Å². The number of carbonyl (C=O) groups is 2. The molecule has 3 aromatic rings. The first-order valence-electron chi connectivity index (χ1n) is 13.3. The number of amides is 2. The van der Waals surface area contributed by atoms with Gasteiger partial charge in [-0.2, -0.15) is 0 Å². The van der Waals surface area contributed by atoms with E-state index >= 15 is 0 Å². The van der Waals surface area contributed by atoms with Crippen molar-refractivity contribution in [1.82, 2.24) is 14.9 Å². The molecular weight excluding hydrogens is 526 g/mol. The van der Waals surface area contributed by atoms with Gasteiger partial charge in [-0.3, -0.25) is 15.0 Å². The summed E-state index contributed by atoms with van der Waals surface area (Å²) in [4.78, 5) is 29.1. The van der Waals surface area contributed by atoms with E-state index in [0.29, 0.717) is 30.5 Å². The standard InChI is InChI=1S/C30H33N5O4S/c31-27(32)24-13-11-22(12-14-24)19-33-29(37)30-18-25(30)15-16-35(30)28(36)26(17-21-7-3-1-4-8-21)34-40(38,39)20-23-9-5-2-6-10-23/h1-14,25-26,34H,15-20H2,(H3,31,32)(H,33,37)/t25-,26-,30+/m1/s1. The lowest BCUT2D eigenvalue weighted by atomic mass is 10.0. The second-order valence-corrected chi connectivity index (χ2v) is 12.3. The number of nitrogen functional groups attached to an aromatic ring is 1. The third kappa shape index (κ3) is 5.93. The molecule has 0 spiro atoms. The number of benzene rings is 3. The number of sulfonamides is 1. The molecule has 10 heteroatoms. The van der Waals surface area contributed by atoms with Gasteiger partial charge in [0.1, 0.15) is 17.4 Å². The molecule has 1 aliphatic heterocycles. The zero-order valence-electron chi connectivity index (χ0n) is 22.0. The maximum Gasteiger partial charge on any atom is 0.246 e. The molecule has 40 heavy (non-hydrogen) atoms. The van der Waals surface area contributed by atoms with Gasteiger partial charge in [0, 0.05) is 18.7 Å². The zero-order chi connectivity index (χ0) is 28.3. The maximum atomic E-state index is 14.0. The Balaban J connectivity index is 1.32. The molecule has 9 nitrogen and oxygen atoms in total. The van der Waals surface area contributed by atoms with Crippen LogP contribution in [0.15, 0.2) is 84.9 Å². The Kier molecular flexibility index (Phi) is 7.73. The number of hydrogen-bond acceptors (Lipinski definition) is 5. The lowest BCUT2D eigenvalue weighted by molar-refractivity contribution is -0.142. The summed E-state index contributed by atoms with van der Waals surface area (Å²) in [6.07, 6.45) is 1.43. The average molecular weight is 560 g/mol. The van der Waals surface area contributed by atoms with Gasteiger partial charge in [0.15, 0.2) is 0 Å². The van der Waals surface area contributed by atoms with Gasteiger partial charge >= 0.3 is 0 Å². The maximum absolute atomic E-state index is 14.0. The number of nitrogens with one attached hydrogen (secondary N) is 3. The van der Waals surface area contributed by atoms with Crippen molar-refractivity contribution < 1.29 is 18.0 Å². The number of nitrogens with two attached hydrogens (primary N) is 1. The average Bonchev–Trinajstić information content (AvgIpc) is 3.56. The summed E-state index contributed by atoms with van der Waals surface area (Å²) in [6.45, 7) is 0.667. The largest absolute Gasteiger partial charge is 0.384 e. The third-order valence-electron chi connectivity index (χ3n) is 7.73. The minimum absolute atomic E-state index is 0.0279. The van der Waals surface area contributed by atoms with Crippen molar-refractivity contribution in [2.24, 2.45) is 11.7 Å². The zero-order valence-corrected chi connectivity index (χ0v) is 22.9. The highest BCUT2D eigenvalue weighted by Gasteiger charge is 2.68. The van der Waals surface area contributed by atoms with E-state index in [1.165, 1.54) is 0 Å². The quantitative estimate of drug-likeness (QED) is 0.210. The van der Waals surface area contributed by atoms with Crippen LogP contribution in [0.5, 0.6) is 0 Å². The Hall–Kier alpha value is -4.02. The Bertz CT molecular complexity index is 1500. The minimum Gasteiger partial charge on any atom is -0.384 e. The van der Waals surface area contributed by atoms with Gasteiger partial charge in [0.25, 0.3) is 0 Å². The molecule has 2 amide bonds. The van der Waals surface area contributed by atoms with E-state index < -0.39 is 21.6 Å². The summed E-state index contributed by atoms with van der Waals surface area (Å²) in [5.74, 6) is -0.843. The van der Waals surface area contributed by atoms with Crippen LogP contribution in [0.25, 0.3) is 0 Å². The van der Waals surface area contributed by atoms with Crippen molar-refractivity contribution >= 4 is 27.7 Å². The van der Waals surface area contributed by atoms with E-state index in [0.717, 1.165) is 11.1 Å². The molecule has 1 aliphatic carbocycles. The van der Waals surface area contributed by atoms with Crippen LogP contribution < -0.4 is 15.8 Å². The minimum atomic E-state index is -3.85. The van der Waals surface area contributed by atoms with Crippen LogP contribution in [-0.4, -0.2) is 49.1 Å². The normalized spacial score (nSPS) is 20.4. The number of fused-ring (bicyclic) bond motifs is 1. The molecule has 3 aromatic carbocycles. The van der Waals surface area contributed by atoms with E-state index in [2.05, 4.69) is 10.0 Å². The molecule has 0 unspecified atom stereocenters. The van der Waals surface area contributed by atoms with Gasteiger partial charge in [-0.05, 0) is 41.9 Å². The number of carbonyl (C=O) groups excluding carboxylic acids is 2. The summed E-state index contributed by atoms with van der Waals surface area (Å²) in [5.41, 5.74) is 7.44. The van der Waals surface area contributed by atoms with Crippen LogP contribution >= 0.6 is 0 Å². The second-order valence-electron chi connectivity index (χ2n) is 10.5. The second kappa shape index (κ2) is 11.2. The molecule has 0 radical (unpaired) electrons. The highest BCUT2D eigenvalue weighted by Crippen LogP contribution is 2.56. The van der Waals surface area contributed by atoms with E-state index in [9.17, 15) is 18.0 Å². The monoisotopic (exact) mass is 559 g/mol. The Labute approximate surface area is 234 Å². The first-order chi connectivity index (χ1) is 19.2. The van der Waals surface area contributed by atoms with E-state index in [1.54, 1.807) is 53.4 Å². The smallest absolute Gasteiger partial charge is 0.246 e. The Morgan fingerprint density at radius 1 is 0.950 bits per heavy atom. The predicted octanol–water partition coefficient (Wildman–Crippen LogP) is 2.31. The molecule has 2 fully saturated rings. The molecular formula is C30H33N5O4S. The number of nitrogens with zero attached hydrogens (tertiary/aromatic N) is 1. The van der Waals surface area contributed by atoms with Gasteiger partial charge in [-0.15, -0.1) is 0 Å².